The normalized spacial score (nSPS) is 11.5. The van der Waals surface area contributed by atoms with Gasteiger partial charge in [-0.1, -0.05) is 83.9 Å². The molecule has 108 valence electrons. The van der Waals surface area contributed by atoms with Gasteiger partial charge in [0, 0.05) is 5.02 Å². The van der Waals surface area contributed by atoms with Crippen LogP contribution in [0.2, 0.25) is 5.02 Å². The van der Waals surface area contributed by atoms with E-state index in [9.17, 15) is 0 Å². The molecule has 22 heavy (non-hydrogen) atoms. The molecule has 3 aromatic rings. The Morgan fingerprint density at radius 3 is 2.14 bits per heavy atom. The van der Waals surface area contributed by atoms with E-state index in [0.29, 0.717) is 0 Å². The molecule has 0 aliphatic rings. The lowest BCUT2D eigenvalue weighted by Crippen LogP contribution is -1.88. The smallest absolute Gasteiger partial charge is 0.0406 e. The van der Waals surface area contributed by atoms with Crippen LogP contribution >= 0.6 is 11.6 Å². The Bertz CT molecular complexity index is 784. The zero-order chi connectivity index (χ0) is 15.4. The van der Waals surface area contributed by atoms with Crippen molar-refractivity contribution in [3.05, 3.63) is 106 Å². The summed E-state index contributed by atoms with van der Waals surface area (Å²) in [6, 6.07) is 27.0. The molecule has 3 rings (SSSR count). The lowest BCUT2D eigenvalue weighted by atomic mass is 9.95. The average molecular weight is 305 g/mol. The molecule has 0 N–H and O–H groups in total. The van der Waals surface area contributed by atoms with Gasteiger partial charge in [0.1, 0.15) is 0 Å². The third kappa shape index (κ3) is 3.47. The maximum atomic E-state index is 6.02. The summed E-state index contributed by atoms with van der Waals surface area (Å²) in [5, 5.41) is 0.756. The van der Waals surface area contributed by atoms with Crippen molar-refractivity contribution in [2.75, 3.05) is 0 Å². The highest BCUT2D eigenvalue weighted by Crippen LogP contribution is 2.27. The zero-order valence-corrected chi connectivity index (χ0v) is 13.2. The largest absolute Gasteiger partial charge is 0.0843 e. The molecule has 0 atom stereocenters. The molecule has 0 fully saturated rings. The van der Waals surface area contributed by atoms with E-state index in [2.05, 4.69) is 73.7 Å². The van der Waals surface area contributed by atoms with Gasteiger partial charge in [0.15, 0.2) is 0 Å². The van der Waals surface area contributed by atoms with E-state index in [1.165, 1.54) is 22.3 Å². The molecule has 0 saturated carbocycles. The van der Waals surface area contributed by atoms with Crippen LogP contribution in [-0.4, -0.2) is 0 Å². The first-order valence-corrected chi connectivity index (χ1v) is 7.70. The first kappa shape index (κ1) is 14.6. The summed E-state index contributed by atoms with van der Waals surface area (Å²) in [6.45, 7) is 2.11. The molecular weight excluding hydrogens is 288 g/mol. The molecule has 1 heteroatoms. The van der Waals surface area contributed by atoms with Gasteiger partial charge in [-0.3, -0.25) is 0 Å². The van der Waals surface area contributed by atoms with Gasteiger partial charge in [0.05, 0.1) is 0 Å². The Morgan fingerprint density at radius 1 is 0.773 bits per heavy atom. The van der Waals surface area contributed by atoms with Crippen LogP contribution in [0.1, 0.15) is 22.3 Å². The second-order valence-corrected chi connectivity index (χ2v) is 5.78. The minimum absolute atomic E-state index is 0.756. The van der Waals surface area contributed by atoms with Crippen LogP contribution in [0, 0.1) is 6.92 Å². The second-order valence-electron chi connectivity index (χ2n) is 5.35. The van der Waals surface area contributed by atoms with Crippen LogP contribution < -0.4 is 0 Å². The average Bonchev–Trinajstić information content (AvgIpc) is 2.55. The van der Waals surface area contributed by atoms with Crippen LogP contribution in [0.3, 0.4) is 0 Å². The van der Waals surface area contributed by atoms with Gasteiger partial charge in [0.2, 0.25) is 0 Å². The van der Waals surface area contributed by atoms with Crippen molar-refractivity contribution >= 4 is 23.3 Å². The monoisotopic (exact) mass is 304 g/mol. The van der Waals surface area contributed by atoms with Crippen molar-refractivity contribution in [3.63, 3.8) is 0 Å². The first-order chi connectivity index (χ1) is 10.7. The van der Waals surface area contributed by atoms with Gasteiger partial charge >= 0.3 is 0 Å². The predicted molar refractivity (Wildman–Crippen MR) is 96.0 cm³/mol. The Balaban J connectivity index is 2.13. The van der Waals surface area contributed by atoms with Gasteiger partial charge < -0.3 is 0 Å². The summed E-state index contributed by atoms with van der Waals surface area (Å²) in [6.07, 6.45) is 2.23. The summed E-state index contributed by atoms with van der Waals surface area (Å²) in [7, 11) is 0. The Hall–Kier alpha value is -2.31. The Morgan fingerprint density at radius 2 is 1.45 bits per heavy atom. The second kappa shape index (κ2) is 6.64. The standard InChI is InChI=1S/C21H17Cl/c1-16-6-5-7-17(14-16)15-21(18-8-3-2-4-9-18)19-10-12-20(22)13-11-19/h2-15H,1H3/b21-15-. The molecular formula is C21H17Cl. The number of rotatable bonds is 3. The van der Waals surface area contributed by atoms with E-state index in [-0.39, 0.29) is 0 Å². The van der Waals surface area contributed by atoms with Crippen molar-refractivity contribution in [2.45, 2.75) is 6.92 Å². The first-order valence-electron chi connectivity index (χ1n) is 7.32. The summed E-state index contributed by atoms with van der Waals surface area (Å²) < 4.78 is 0. The van der Waals surface area contributed by atoms with E-state index in [1.54, 1.807) is 0 Å². The van der Waals surface area contributed by atoms with E-state index in [1.807, 2.05) is 18.2 Å². The highest BCUT2D eigenvalue weighted by Gasteiger charge is 2.05. The van der Waals surface area contributed by atoms with Crippen LogP contribution in [-0.2, 0) is 0 Å². The molecule has 0 heterocycles. The molecule has 0 aliphatic carbocycles. The molecule has 0 bridgehead atoms. The van der Waals surface area contributed by atoms with Gasteiger partial charge in [-0.05, 0) is 47.4 Å². The van der Waals surface area contributed by atoms with Crippen molar-refractivity contribution in [3.8, 4) is 0 Å². The topological polar surface area (TPSA) is 0 Å². The zero-order valence-electron chi connectivity index (χ0n) is 12.5. The van der Waals surface area contributed by atoms with Crippen LogP contribution in [0.5, 0.6) is 0 Å². The number of halogens is 1. The van der Waals surface area contributed by atoms with Crippen molar-refractivity contribution in [1.82, 2.24) is 0 Å². The summed E-state index contributed by atoms with van der Waals surface area (Å²) >= 11 is 6.02. The molecule has 0 unspecified atom stereocenters. The molecule has 0 nitrogen and oxygen atoms in total. The van der Waals surface area contributed by atoms with Gasteiger partial charge in [-0.25, -0.2) is 0 Å². The SMILES string of the molecule is Cc1cccc(/C=C(/c2ccccc2)c2ccc(Cl)cc2)c1. The highest BCUT2D eigenvalue weighted by molar-refractivity contribution is 6.30. The van der Waals surface area contributed by atoms with Gasteiger partial charge in [-0.2, -0.15) is 0 Å². The fourth-order valence-corrected chi connectivity index (χ4v) is 2.63. The number of benzene rings is 3. The number of hydrogen-bond acceptors (Lipinski definition) is 0. The molecule has 0 amide bonds. The van der Waals surface area contributed by atoms with E-state index >= 15 is 0 Å². The minimum atomic E-state index is 0.756. The van der Waals surface area contributed by atoms with Crippen LogP contribution in [0.25, 0.3) is 11.6 Å². The maximum absolute atomic E-state index is 6.02. The summed E-state index contributed by atoms with van der Waals surface area (Å²) in [5.74, 6) is 0. The number of aryl methyl sites for hydroxylation is 1. The predicted octanol–water partition coefficient (Wildman–Crippen LogP) is 6.24. The highest BCUT2D eigenvalue weighted by atomic mass is 35.5. The van der Waals surface area contributed by atoms with E-state index in [0.717, 1.165) is 10.6 Å². The van der Waals surface area contributed by atoms with Crippen LogP contribution in [0.15, 0.2) is 78.9 Å². The fraction of sp³-hybridized carbons (Fsp3) is 0.0476. The molecule has 0 aliphatic heterocycles. The van der Waals surface area contributed by atoms with Gasteiger partial charge in [-0.15, -0.1) is 0 Å². The van der Waals surface area contributed by atoms with Crippen LogP contribution in [0.4, 0.5) is 0 Å². The molecule has 3 aromatic carbocycles. The minimum Gasteiger partial charge on any atom is -0.0843 e. The summed E-state index contributed by atoms with van der Waals surface area (Å²) in [5.41, 5.74) is 6.03. The van der Waals surface area contributed by atoms with Crippen molar-refractivity contribution < 1.29 is 0 Å². The lowest BCUT2D eigenvalue weighted by molar-refractivity contribution is 1.46. The van der Waals surface area contributed by atoms with E-state index < -0.39 is 0 Å². The quantitative estimate of drug-likeness (QED) is 0.503. The lowest BCUT2D eigenvalue weighted by Gasteiger charge is -2.09. The van der Waals surface area contributed by atoms with Crippen molar-refractivity contribution in [1.29, 1.82) is 0 Å². The fourth-order valence-electron chi connectivity index (χ4n) is 2.51. The Kier molecular flexibility index (Phi) is 4.41. The molecule has 0 radical (unpaired) electrons. The van der Waals surface area contributed by atoms with E-state index in [4.69, 9.17) is 11.6 Å². The summed E-state index contributed by atoms with van der Waals surface area (Å²) in [4.78, 5) is 0. The molecule has 0 spiro atoms. The van der Waals surface area contributed by atoms with Gasteiger partial charge in [0.25, 0.3) is 0 Å². The van der Waals surface area contributed by atoms with Crippen molar-refractivity contribution in [2.24, 2.45) is 0 Å². The third-order valence-corrected chi connectivity index (χ3v) is 3.85. The molecule has 0 aromatic heterocycles. The Labute approximate surface area is 136 Å². The number of hydrogen-bond donors (Lipinski definition) is 0. The third-order valence-electron chi connectivity index (χ3n) is 3.59. The maximum Gasteiger partial charge on any atom is 0.0406 e. The molecule has 0 saturated heterocycles.